The molecular weight excluding hydrogens is 264 g/mol. The highest BCUT2D eigenvalue weighted by atomic mass is 16.2. The van der Waals surface area contributed by atoms with Crippen molar-refractivity contribution in [3.8, 4) is 0 Å². The summed E-state index contributed by atoms with van der Waals surface area (Å²) in [5.74, 6) is -0.414. The van der Waals surface area contributed by atoms with Gasteiger partial charge in [0.25, 0.3) is 5.91 Å². The van der Waals surface area contributed by atoms with Crippen LogP contribution in [0.2, 0.25) is 0 Å². The van der Waals surface area contributed by atoms with E-state index in [9.17, 15) is 4.79 Å². The largest absolute Gasteiger partial charge is 0.304 e. The zero-order valence-corrected chi connectivity index (χ0v) is 11.4. The first-order chi connectivity index (χ1) is 10.2. The van der Waals surface area contributed by atoms with Gasteiger partial charge < -0.3 is 4.90 Å². The molecular formula is C16H14N4O. The molecule has 0 bridgehead atoms. The Morgan fingerprint density at radius 3 is 2.24 bits per heavy atom. The van der Waals surface area contributed by atoms with Crippen LogP contribution in [0.5, 0.6) is 0 Å². The average molecular weight is 278 g/mol. The Morgan fingerprint density at radius 1 is 1.10 bits per heavy atom. The Hall–Kier alpha value is -3.04. The van der Waals surface area contributed by atoms with Crippen LogP contribution in [0.3, 0.4) is 0 Å². The highest BCUT2D eigenvalue weighted by Gasteiger charge is 2.18. The predicted octanol–water partition coefficient (Wildman–Crippen LogP) is 4.04. The molecule has 0 saturated heterocycles. The zero-order valence-electron chi connectivity index (χ0n) is 11.4. The van der Waals surface area contributed by atoms with Crippen molar-refractivity contribution in [3.05, 3.63) is 88.9 Å². The fourth-order valence-corrected chi connectivity index (χ4v) is 1.91. The summed E-state index contributed by atoms with van der Waals surface area (Å²) in [5, 5.41) is 3.31. The minimum Gasteiger partial charge on any atom is -0.304 e. The summed E-state index contributed by atoms with van der Waals surface area (Å²) in [7, 11) is 0. The second kappa shape index (κ2) is 6.93. The molecule has 0 radical (unpaired) electrons. The molecule has 0 unspecified atom stereocenters. The first-order valence-electron chi connectivity index (χ1n) is 6.37. The van der Waals surface area contributed by atoms with Crippen molar-refractivity contribution in [1.29, 1.82) is 0 Å². The predicted molar refractivity (Wildman–Crippen MR) is 82.4 cm³/mol. The second-order valence-electron chi connectivity index (χ2n) is 4.35. The van der Waals surface area contributed by atoms with Crippen molar-refractivity contribution >= 4 is 11.6 Å². The van der Waals surface area contributed by atoms with E-state index < -0.39 is 5.91 Å². The zero-order chi connectivity index (χ0) is 15.1. The van der Waals surface area contributed by atoms with Crippen molar-refractivity contribution in [2.24, 2.45) is 5.11 Å². The van der Waals surface area contributed by atoms with Gasteiger partial charge in [0.2, 0.25) is 0 Å². The molecule has 0 N–H and O–H groups in total. The molecule has 0 aliphatic rings. The fourth-order valence-electron chi connectivity index (χ4n) is 1.91. The number of amides is 1. The molecule has 0 saturated carbocycles. The number of carbonyl (C=O) groups excluding carboxylic acids is 1. The molecule has 21 heavy (non-hydrogen) atoms. The van der Waals surface area contributed by atoms with E-state index >= 15 is 0 Å². The number of hydrogen-bond acceptors (Lipinski definition) is 2. The first-order valence-corrected chi connectivity index (χ1v) is 6.37. The highest BCUT2D eigenvalue weighted by molar-refractivity contribution is 6.04. The molecule has 2 rings (SSSR count). The molecule has 104 valence electrons. The maximum absolute atomic E-state index is 12.4. The Labute approximate surface area is 122 Å². The van der Waals surface area contributed by atoms with E-state index in [2.05, 4.69) is 16.6 Å². The standard InChI is InChI=1S/C16H14N4O/c1-13(18-19-17)16(21)20(15-10-6-3-7-11-15)12-14-8-4-2-5-9-14/h2-11H,1,12H2. The van der Waals surface area contributed by atoms with Crippen LogP contribution >= 0.6 is 0 Å². The van der Waals surface area contributed by atoms with Gasteiger partial charge in [0, 0.05) is 10.6 Å². The van der Waals surface area contributed by atoms with Gasteiger partial charge in [-0.05, 0) is 23.2 Å². The molecule has 2 aromatic rings. The fraction of sp³-hybridized carbons (Fsp3) is 0.0625. The summed E-state index contributed by atoms with van der Waals surface area (Å²) in [6.45, 7) is 3.90. The third-order valence-electron chi connectivity index (χ3n) is 2.91. The Bertz CT molecular complexity index is 676. The Morgan fingerprint density at radius 2 is 1.67 bits per heavy atom. The monoisotopic (exact) mass is 278 g/mol. The number of anilines is 1. The maximum Gasteiger partial charge on any atom is 0.260 e. The number of azide groups is 1. The van der Waals surface area contributed by atoms with Crippen LogP contribution in [-0.2, 0) is 11.3 Å². The topological polar surface area (TPSA) is 69.1 Å². The third-order valence-corrected chi connectivity index (χ3v) is 2.91. The van der Waals surface area contributed by atoms with Crippen LogP contribution in [0.1, 0.15) is 5.56 Å². The molecule has 2 aromatic carbocycles. The van der Waals surface area contributed by atoms with Gasteiger partial charge in [-0.3, -0.25) is 4.79 Å². The summed E-state index contributed by atoms with van der Waals surface area (Å²) in [6, 6.07) is 18.8. The number of carbonyl (C=O) groups is 1. The van der Waals surface area contributed by atoms with E-state index in [0.717, 1.165) is 11.3 Å². The van der Waals surface area contributed by atoms with Gasteiger partial charge in [-0.25, -0.2) is 0 Å². The summed E-state index contributed by atoms with van der Waals surface area (Å²) >= 11 is 0. The molecule has 5 heteroatoms. The molecule has 0 fully saturated rings. The number of rotatable bonds is 5. The quantitative estimate of drug-likeness (QED) is 0.352. The lowest BCUT2D eigenvalue weighted by Gasteiger charge is -2.23. The molecule has 5 nitrogen and oxygen atoms in total. The minimum atomic E-state index is -0.414. The van der Waals surface area contributed by atoms with Crippen molar-refractivity contribution in [1.82, 2.24) is 0 Å². The lowest BCUT2D eigenvalue weighted by atomic mass is 10.2. The normalized spacial score (nSPS) is 9.52. The van der Waals surface area contributed by atoms with Gasteiger partial charge in [-0.2, -0.15) is 0 Å². The third kappa shape index (κ3) is 3.72. The smallest absolute Gasteiger partial charge is 0.260 e. The van der Waals surface area contributed by atoms with Crippen LogP contribution in [0.25, 0.3) is 10.4 Å². The maximum atomic E-state index is 12.4. The van der Waals surface area contributed by atoms with Gasteiger partial charge in [-0.15, -0.1) is 0 Å². The minimum absolute atomic E-state index is 0.128. The lowest BCUT2D eigenvalue weighted by Crippen LogP contribution is -2.30. The first kappa shape index (κ1) is 14.4. The summed E-state index contributed by atoms with van der Waals surface area (Å²) < 4.78 is 0. The van der Waals surface area contributed by atoms with Crippen molar-refractivity contribution in [2.45, 2.75) is 6.54 Å². The highest BCUT2D eigenvalue weighted by Crippen LogP contribution is 2.19. The average Bonchev–Trinajstić information content (AvgIpc) is 2.54. The Balaban J connectivity index is 2.33. The molecule has 0 aliphatic heterocycles. The van der Waals surface area contributed by atoms with E-state index in [1.807, 2.05) is 60.7 Å². The van der Waals surface area contributed by atoms with E-state index in [0.29, 0.717) is 6.54 Å². The van der Waals surface area contributed by atoms with E-state index in [1.54, 1.807) is 0 Å². The molecule has 0 atom stereocenters. The molecule has 0 spiro atoms. The lowest BCUT2D eigenvalue weighted by molar-refractivity contribution is -0.115. The summed E-state index contributed by atoms with van der Waals surface area (Å²) in [4.78, 5) is 16.6. The van der Waals surface area contributed by atoms with E-state index in [-0.39, 0.29) is 5.70 Å². The number of nitrogens with zero attached hydrogens (tertiary/aromatic N) is 4. The van der Waals surface area contributed by atoms with E-state index in [1.165, 1.54) is 4.90 Å². The number of hydrogen-bond donors (Lipinski definition) is 0. The van der Waals surface area contributed by atoms with Crippen molar-refractivity contribution in [2.75, 3.05) is 4.90 Å². The van der Waals surface area contributed by atoms with Crippen LogP contribution in [0, 0.1) is 0 Å². The second-order valence-corrected chi connectivity index (χ2v) is 4.35. The SMILES string of the molecule is C=C(N=[N+]=[N-])C(=O)N(Cc1ccccc1)c1ccccc1. The van der Waals surface area contributed by atoms with Crippen LogP contribution < -0.4 is 4.90 Å². The summed E-state index contributed by atoms with van der Waals surface area (Å²) in [5.41, 5.74) is 10.0. The van der Waals surface area contributed by atoms with Crippen LogP contribution in [0.4, 0.5) is 5.69 Å². The van der Waals surface area contributed by atoms with Crippen LogP contribution in [0.15, 0.2) is 78.1 Å². The van der Waals surface area contributed by atoms with E-state index in [4.69, 9.17) is 5.53 Å². The number of para-hydroxylation sites is 1. The van der Waals surface area contributed by atoms with Gasteiger partial charge in [0.05, 0.1) is 12.2 Å². The van der Waals surface area contributed by atoms with Crippen molar-refractivity contribution < 1.29 is 4.79 Å². The molecule has 1 amide bonds. The van der Waals surface area contributed by atoms with Gasteiger partial charge in [0.1, 0.15) is 0 Å². The van der Waals surface area contributed by atoms with Crippen molar-refractivity contribution in [3.63, 3.8) is 0 Å². The van der Waals surface area contributed by atoms with Gasteiger partial charge >= 0.3 is 0 Å². The molecule has 0 heterocycles. The van der Waals surface area contributed by atoms with Gasteiger partial charge in [-0.1, -0.05) is 60.2 Å². The van der Waals surface area contributed by atoms with Crippen LogP contribution in [-0.4, -0.2) is 5.91 Å². The Kier molecular flexibility index (Phi) is 4.75. The summed E-state index contributed by atoms with van der Waals surface area (Å²) in [6.07, 6.45) is 0. The molecule has 0 aliphatic carbocycles. The number of benzene rings is 2. The molecule has 0 aromatic heterocycles. The van der Waals surface area contributed by atoms with Gasteiger partial charge in [0.15, 0.2) is 0 Å².